The van der Waals surface area contributed by atoms with Crippen molar-refractivity contribution in [2.45, 2.75) is 18.8 Å². The third-order valence-electron chi connectivity index (χ3n) is 4.41. The fraction of sp³-hybridized carbons (Fsp3) is 0.278. The van der Waals surface area contributed by atoms with Gasteiger partial charge in [-0.3, -0.25) is 15.1 Å². The lowest BCUT2D eigenvalue weighted by atomic mass is 9.97. The van der Waals surface area contributed by atoms with Crippen LogP contribution in [0.5, 0.6) is 0 Å². The van der Waals surface area contributed by atoms with E-state index in [0.29, 0.717) is 16.6 Å². The highest BCUT2D eigenvalue weighted by atomic mass is 32.1. The zero-order chi connectivity index (χ0) is 16.4. The van der Waals surface area contributed by atoms with Gasteiger partial charge in [0.15, 0.2) is 5.13 Å². The van der Waals surface area contributed by atoms with Crippen LogP contribution in [0, 0.1) is 0 Å². The number of hydrogen-bond acceptors (Lipinski definition) is 5. The van der Waals surface area contributed by atoms with Crippen molar-refractivity contribution < 1.29 is 4.79 Å². The second-order valence-electron chi connectivity index (χ2n) is 5.95. The van der Waals surface area contributed by atoms with Gasteiger partial charge in [0.25, 0.3) is 5.91 Å². The van der Waals surface area contributed by atoms with E-state index < -0.39 is 0 Å². The van der Waals surface area contributed by atoms with Crippen LogP contribution in [-0.4, -0.2) is 29.0 Å². The summed E-state index contributed by atoms with van der Waals surface area (Å²) in [6.07, 6.45) is 7.64. The van der Waals surface area contributed by atoms with E-state index in [2.05, 4.69) is 20.6 Å². The second-order valence-corrected chi connectivity index (χ2v) is 7.01. The molecule has 1 aliphatic heterocycles. The van der Waals surface area contributed by atoms with E-state index >= 15 is 0 Å². The lowest BCUT2D eigenvalue weighted by Gasteiger charge is -2.20. The van der Waals surface area contributed by atoms with E-state index in [-0.39, 0.29) is 5.91 Å². The molecule has 1 saturated heterocycles. The van der Waals surface area contributed by atoms with Gasteiger partial charge in [0, 0.05) is 34.4 Å². The predicted molar refractivity (Wildman–Crippen MR) is 96.7 cm³/mol. The molecule has 0 saturated carbocycles. The molecular weight excluding hydrogens is 320 g/mol. The first-order chi connectivity index (χ1) is 11.8. The quantitative estimate of drug-likeness (QED) is 0.768. The van der Waals surface area contributed by atoms with E-state index in [1.165, 1.54) is 4.88 Å². The van der Waals surface area contributed by atoms with Crippen molar-refractivity contribution in [3.05, 3.63) is 53.3 Å². The Hall–Kier alpha value is -2.31. The molecule has 122 valence electrons. The minimum absolute atomic E-state index is 0.127. The molecule has 0 aliphatic carbocycles. The Morgan fingerprint density at radius 1 is 1.21 bits per heavy atom. The number of carbonyl (C=O) groups excluding carboxylic acids is 1. The van der Waals surface area contributed by atoms with Crippen LogP contribution in [-0.2, 0) is 0 Å². The maximum atomic E-state index is 12.6. The van der Waals surface area contributed by atoms with Gasteiger partial charge in [0.2, 0.25) is 0 Å². The number of aromatic nitrogens is 2. The number of anilines is 1. The van der Waals surface area contributed by atoms with E-state index in [1.807, 2.05) is 30.5 Å². The normalized spacial score (nSPS) is 15.5. The van der Waals surface area contributed by atoms with Crippen LogP contribution >= 0.6 is 11.3 Å². The summed E-state index contributed by atoms with van der Waals surface area (Å²) in [5, 5.41) is 8.84. The Labute approximate surface area is 144 Å². The molecule has 3 heterocycles. The Morgan fingerprint density at radius 3 is 2.96 bits per heavy atom. The van der Waals surface area contributed by atoms with Crippen molar-refractivity contribution in [2.24, 2.45) is 0 Å². The van der Waals surface area contributed by atoms with Gasteiger partial charge in [-0.05, 0) is 49.4 Å². The van der Waals surface area contributed by atoms with Crippen LogP contribution in [0.2, 0.25) is 0 Å². The van der Waals surface area contributed by atoms with Gasteiger partial charge in [0.1, 0.15) is 0 Å². The van der Waals surface area contributed by atoms with Crippen molar-refractivity contribution >= 4 is 33.1 Å². The molecule has 5 nitrogen and oxygen atoms in total. The minimum atomic E-state index is -0.127. The molecule has 2 aromatic heterocycles. The molecule has 1 amide bonds. The molecule has 6 heteroatoms. The number of carbonyl (C=O) groups is 1. The lowest BCUT2D eigenvalue weighted by Crippen LogP contribution is -2.26. The van der Waals surface area contributed by atoms with Crippen molar-refractivity contribution in [1.29, 1.82) is 0 Å². The summed E-state index contributed by atoms with van der Waals surface area (Å²) in [6.45, 7) is 2.10. The fourth-order valence-corrected chi connectivity index (χ4v) is 4.10. The molecule has 1 fully saturated rings. The largest absolute Gasteiger partial charge is 0.317 e. The van der Waals surface area contributed by atoms with Crippen molar-refractivity contribution in [3.63, 3.8) is 0 Å². The molecule has 4 rings (SSSR count). The summed E-state index contributed by atoms with van der Waals surface area (Å²) in [5.41, 5.74) is 0.647. The summed E-state index contributed by atoms with van der Waals surface area (Å²) < 4.78 is 0. The smallest absolute Gasteiger partial charge is 0.258 e. The maximum Gasteiger partial charge on any atom is 0.258 e. The number of nitrogens with zero attached hydrogens (tertiary/aromatic N) is 2. The first kappa shape index (κ1) is 15.2. The molecule has 0 atom stereocenters. The van der Waals surface area contributed by atoms with Gasteiger partial charge in [-0.15, -0.1) is 11.3 Å². The van der Waals surface area contributed by atoms with Crippen molar-refractivity contribution in [1.82, 2.24) is 15.3 Å². The molecule has 24 heavy (non-hydrogen) atoms. The number of benzene rings is 1. The molecule has 0 spiro atoms. The number of hydrogen-bond donors (Lipinski definition) is 2. The Kier molecular flexibility index (Phi) is 4.23. The average Bonchev–Trinajstić information content (AvgIpc) is 3.10. The lowest BCUT2D eigenvalue weighted by molar-refractivity contribution is 0.102. The SMILES string of the molecule is O=C(Nc1ncc(C2CCNCC2)s1)c1cccc2cnccc12. The molecule has 0 unspecified atom stereocenters. The van der Waals surface area contributed by atoms with Gasteiger partial charge in [-0.2, -0.15) is 0 Å². The second kappa shape index (κ2) is 6.67. The van der Waals surface area contributed by atoms with E-state index in [9.17, 15) is 4.79 Å². The zero-order valence-corrected chi connectivity index (χ0v) is 14.0. The van der Waals surface area contributed by atoms with Crippen LogP contribution < -0.4 is 10.6 Å². The molecule has 1 aromatic carbocycles. The minimum Gasteiger partial charge on any atom is -0.317 e. The third-order valence-corrected chi connectivity index (χ3v) is 5.49. The van der Waals surface area contributed by atoms with Crippen molar-refractivity contribution in [3.8, 4) is 0 Å². The third kappa shape index (κ3) is 3.02. The van der Waals surface area contributed by atoms with Crippen LogP contribution in [0.4, 0.5) is 5.13 Å². The Morgan fingerprint density at radius 2 is 2.08 bits per heavy atom. The topological polar surface area (TPSA) is 66.9 Å². The Balaban J connectivity index is 1.54. The van der Waals surface area contributed by atoms with Crippen LogP contribution in [0.25, 0.3) is 10.8 Å². The van der Waals surface area contributed by atoms with Crippen LogP contribution in [0.3, 0.4) is 0 Å². The average molecular weight is 338 g/mol. The van der Waals surface area contributed by atoms with Crippen molar-refractivity contribution in [2.75, 3.05) is 18.4 Å². The van der Waals surface area contributed by atoms with Gasteiger partial charge in [0.05, 0.1) is 0 Å². The van der Waals surface area contributed by atoms with Gasteiger partial charge in [-0.25, -0.2) is 4.98 Å². The highest BCUT2D eigenvalue weighted by Crippen LogP contribution is 2.32. The van der Waals surface area contributed by atoms with Crippen LogP contribution in [0.1, 0.15) is 34.0 Å². The predicted octanol–water partition coefficient (Wildman–Crippen LogP) is 3.41. The molecule has 0 radical (unpaired) electrons. The first-order valence-electron chi connectivity index (χ1n) is 8.12. The molecule has 0 bridgehead atoms. The number of amides is 1. The number of fused-ring (bicyclic) bond motifs is 1. The number of rotatable bonds is 3. The highest BCUT2D eigenvalue weighted by Gasteiger charge is 2.19. The maximum absolute atomic E-state index is 12.6. The van der Waals surface area contributed by atoms with E-state index in [1.54, 1.807) is 23.7 Å². The number of nitrogens with one attached hydrogen (secondary N) is 2. The zero-order valence-electron chi connectivity index (χ0n) is 13.2. The van der Waals surface area contributed by atoms with E-state index in [4.69, 9.17) is 0 Å². The number of thiazole rings is 1. The van der Waals surface area contributed by atoms with Crippen LogP contribution in [0.15, 0.2) is 42.9 Å². The molecule has 3 aromatic rings. The van der Waals surface area contributed by atoms with Gasteiger partial charge < -0.3 is 5.32 Å². The fourth-order valence-electron chi connectivity index (χ4n) is 3.12. The summed E-state index contributed by atoms with van der Waals surface area (Å²) in [5.74, 6) is 0.427. The summed E-state index contributed by atoms with van der Waals surface area (Å²) in [6, 6.07) is 7.53. The molecular formula is C18H18N4OS. The van der Waals surface area contributed by atoms with E-state index in [0.717, 1.165) is 36.7 Å². The number of piperidine rings is 1. The standard InChI is InChI=1S/C18H18N4OS/c23-17(15-3-1-2-13-10-20-9-6-14(13)15)22-18-21-11-16(24-18)12-4-7-19-8-5-12/h1-3,6,9-12,19H,4-5,7-8H2,(H,21,22,23). The van der Waals surface area contributed by atoms with Gasteiger partial charge >= 0.3 is 0 Å². The summed E-state index contributed by atoms with van der Waals surface area (Å²) >= 11 is 1.58. The highest BCUT2D eigenvalue weighted by molar-refractivity contribution is 7.15. The summed E-state index contributed by atoms with van der Waals surface area (Å²) in [4.78, 5) is 22.4. The van der Waals surface area contributed by atoms with Gasteiger partial charge in [-0.1, -0.05) is 12.1 Å². The Bertz CT molecular complexity index is 865. The first-order valence-corrected chi connectivity index (χ1v) is 8.93. The molecule has 1 aliphatic rings. The molecule has 2 N–H and O–H groups in total. The number of pyridine rings is 1. The summed E-state index contributed by atoms with van der Waals surface area (Å²) in [7, 11) is 0. The monoisotopic (exact) mass is 338 g/mol.